The fourth-order valence-corrected chi connectivity index (χ4v) is 1.99. The van der Waals surface area contributed by atoms with Crippen LogP contribution >= 0.6 is 0 Å². The van der Waals surface area contributed by atoms with Gasteiger partial charge in [-0.3, -0.25) is 0 Å². The normalized spacial score (nSPS) is 10.5. The molecule has 0 radical (unpaired) electrons. The van der Waals surface area contributed by atoms with Crippen molar-refractivity contribution >= 4 is 15.7 Å². The predicted molar refractivity (Wildman–Crippen MR) is 60.6 cm³/mol. The molecule has 0 saturated carbocycles. The van der Waals surface area contributed by atoms with Crippen LogP contribution in [0.25, 0.3) is 10.4 Å². The second-order valence-electron chi connectivity index (χ2n) is 2.82. The average molecular weight is 238 g/mol. The van der Waals surface area contributed by atoms with Crippen LogP contribution in [0.4, 0.5) is 5.69 Å². The first-order valence-electron chi connectivity index (χ1n) is 4.36. The van der Waals surface area contributed by atoms with Crippen molar-refractivity contribution < 1.29 is 8.42 Å². The maximum absolute atomic E-state index is 11.6. The highest BCUT2D eigenvalue weighted by Gasteiger charge is 2.11. The first-order valence-corrected chi connectivity index (χ1v) is 5.84. The van der Waals surface area contributed by atoms with Crippen molar-refractivity contribution in [3.8, 4) is 0 Å². The Morgan fingerprint density at radius 1 is 1.44 bits per heavy atom. The fourth-order valence-electron chi connectivity index (χ4n) is 0.996. The van der Waals surface area contributed by atoms with Gasteiger partial charge < -0.3 is 0 Å². The molecule has 0 atom stereocenters. The number of hydrogen-bond acceptors (Lipinski definition) is 3. The van der Waals surface area contributed by atoms with Gasteiger partial charge in [0.2, 0.25) is 10.0 Å². The van der Waals surface area contributed by atoms with Gasteiger partial charge >= 0.3 is 0 Å². The fraction of sp³-hybridized carbons (Fsp3) is 0.111. The molecule has 0 amide bonds. The minimum atomic E-state index is -3.51. The summed E-state index contributed by atoms with van der Waals surface area (Å²) in [6, 6.07) is 5.61. The third-order valence-corrected chi connectivity index (χ3v) is 3.16. The van der Waals surface area contributed by atoms with Gasteiger partial charge in [0.15, 0.2) is 0 Å². The van der Waals surface area contributed by atoms with Gasteiger partial charge in [-0.1, -0.05) is 23.3 Å². The molecule has 7 heteroatoms. The summed E-state index contributed by atoms with van der Waals surface area (Å²) in [5.74, 6) is 0. The van der Waals surface area contributed by atoms with E-state index in [-0.39, 0.29) is 11.4 Å². The van der Waals surface area contributed by atoms with Gasteiger partial charge in [0.05, 0.1) is 4.90 Å². The number of nitrogens with zero attached hydrogens (tertiary/aromatic N) is 3. The number of rotatable bonds is 5. The molecule has 0 saturated heterocycles. The molecular formula is C9H10N4O2S. The molecule has 0 aliphatic rings. The van der Waals surface area contributed by atoms with Gasteiger partial charge in [-0.15, -0.1) is 6.58 Å². The zero-order valence-electron chi connectivity index (χ0n) is 8.37. The molecule has 1 aromatic carbocycles. The van der Waals surface area contributed by atoms with Gasteiger partial charge in [-0.05, 0) is 17.7 Å². The number of hydrogen-bond donors (Lipinski definition) is 1. The highest BCUT2D eigenvalue weighted by molar-refractivity contribution is 7.89. The van der Waals surface area contributed by atoms with Crippen molar-refractivity contribution in [2.45, 2.75) is 4.90 Å². The Balaban J connectivity index is 2.96. The van der Waals surface area contributed by atoms with Gasteiger partial charge in [-0.25, -0.2) is 13.1 Å². The topological polar surface area (TPSA) is 94.9 Å². The van der Waals surface area contributed by atoms with Crippen molar-refractivity contribution in [1.29, 1.82) is 0 Å². The second-order valence-corrected chi connectivity index (χ2v) is 4.59. The van der Waals surface area contributed by atoms with E-state index in [0.717, 1.165) is 0 Å². The van der Waals surface area contributed by atoms with Crippen molar-refractivity contribution in [2.24, 2.45) is 5.11 Å². The minimum absolute atomic E-state index is 0.117. The van der Waals surface area contributed by atoms with Crippen molar-refractivity contribution in [3.63, 3.8) is 0 Å². The largest absolute Gasteiger partial charge is 0.240 e. The maximum atomic E-state index is 11.6. The highest BCUT2D eigenvalue weighted by Crippen LogP contribution is 2.16. The van der Waals surface area contributed by atoms with Crippen molar-refractivity contribution in [2.75, 3.05) is 6.54 Å². The molecule has 0 unspecified atom stereocenters. The van der Waals surface area contributed by atoms with E-state index < -0.39 is 10.0 Å². The Morgan fingerprint density at radius 3 is 2.56 bits per heavy atom. The maximum Gasteiger partial charge on any atom is 0.240 e. The van der Waals surface area contributed by atoms with Gasteiger partial charge in [0.1, 0.15) is 0 Å². The molecule has 0 aliphatic carbocycles. The Morgan fingerprint density at radius 2 is 2.06 bits per heavy atom. The number of azide groups is 1. The molecule has 1 N–H and O–H groups in total. The molecule has 84 valence electrons. The van der Waals surface area contributed by atoms with Crippen LogP contribution in [0.15, 0.2) is 46.9 Å². The summed E-state index contributed by atoms with van der Waals surface area (Å²) in [6.45, 7) is 3.58. The van der Waals surface area contributed by atoms with Crippen LogP contribution in [0.3, 0.4) is 0 Å². The number of benzene rings is 1. The highest BCUT2D eigenvalue weighted by atomic mass is 32.2. The average Bonchev–Trinajstić information content (AvgIpc) is 2.28. The van der Waals surface area contributed by atoms with Crippen LogP contribution in [0, 0.1) is 0 Å². The quantitative estimate of drug-likeness (QED) is 0.368. The van der Waals surface area contributed by atoms with E-state index in [1.807, 2.05) is 0 Å². The van der Waals surface area contributed by atoms with Crippen LogP contribution in [-0.2, 0) is 10.0 Å². The summed E-state index contributed by atoms with van der Waals surface area (Å²) >= 11 is 0. The smallest absolute Gasteiger partial charge is 0.207 e. The van der Waals surface area contributed by atoms with Crippen LogP contribution in [0.2, 0.25) is 0 Å². The standard InChI is InChI=1S/C9H10N4O2S/c1-2-7-11-16(14,15)9-5-3-8(4-6-9)12-13-10/h2-6,11H,1,7H2. The molecule has 0 aliphatic heterocycles. The molecule has 1 aromatic rings. The molecule has 6 nitrogen and oxygen atoms in total. The monoisotopic (exact) mass is 238 g/mol. The zero-order chi connectivity index (χ0) is 12.0. The van der Waals surface area contributed by atoms with Gasteiger partial charge in [0, 0.05) is 17.1 Å². The van der Waals surface area contributed by atoms with Gasteiger partial charge in [-0.2, -0.15) is 0 Å². The zero-order valence-corrected chi connectivity index (χ0v) is 9.18. The Bertz CT molecular complexity index is 515. The molecule has 0 spiro atoms. The lowest BCUT2D eigenvalue weighted by Gasteiger charge is -2.04. The van der Waals surface area contributed by atoms with E-state index in [9.17, 15) is 8.42 Å². The second kappa shape index (κ2) is 5.32. The lowest BCUT2D eigenvalue weighted by molar-refractivity contribution is 0.585. The Kier molecular flexibility index (Phi) is 4.07. The van der Waals surface area contributed by atoms with E-state index in [4.69, 9.17) is 5.53 Å². The SMILES string of the molecule is C=CCNS(=O)(=O)c1ccc(N=[N+]=[N-])cc1. The molecule has 16 heavy (non-hydrogen) atoms. The molecule has 0 fully saturated rings. The number of sulfonamides is 1. The summed E-state index contributed by atoms with van der Waals surface area (Å²) in [7, 11) is -3.51. The molecule has 1 rings (SSSR count). The van der Waals surface area contributed by atoms with Crippen molar-refractivity contribution in [3.05, 3.63) is 47.4 Å². The lowest BCUT2D eigenvalue weighted by atomic mass is 10.3. The molecule has 0 aromatic heterocycles. The van der Waals surface area contributed by atoms with E-state index in [0.29, 0.717) is 5.69 Å². The molecular weight excluding hydrogens is 228 g/mol. The number of nitrogens with one attached hydrogen (secondary N) is 1. The van der Waals surface area contributed by atoms with Gasteiger partial charge in [0.25, 0.3) is 0 Å². The first kappa shape index (κ1) is 12.3. The summed E-state index contributed by atoms with van der Waals surface area (Å²) < 4.78 is 25.5. The summed E-state index contributed by atoms with van der Waals surface area (Å²) in [4.78, 5) is 2.71. The molecule has 0 bridgehead atoms. The van der Waals surface area contributed by atoms with E-state index in [1.54, 1.807) is 0 Å². The van der Waals surface area contributed by atoms with E-state index >= 15 is 0 Å². The summed E-state index contributed by atoms with van der Waals surface area (Å²) in [6.07, 6.45) is 1.45. The predicted octanol–water partition coefficient (Wildman–Crippen LogP) is 2.09. The van der Waals surface area contributed by atoms with E-state index in [1.165, 1.54) is 30.3 Å². The third-order valence-electron chi connectivity index (χ3n) is 1.72. The third kappa shape index (κ3) is 3.09. The van der Waals surface area contributed by atoms with Crippen LogP contribution < -0.4 is 4.72 Å². The summed E-state index contributed by atoms with van der Waals surface area (Å²) in [5.41, 5.74) is 8.55. The van der Waals surface area contributed by atoms with Crippen molar-refractivity contribution in [1.82, 2.24) is 4.72 Å². The first-order chi connectivity index (χ1) is 7.60. The Hall–Kier alpha value is -1.82. The molecule has 0 heterocycles. The Labute approximate surface area is 93.3 Å². The van der Waals surface area contributed by atoms with Crippen LogP contribution in [0.1, 0.15) is 0 Å². The van der Waals surface area contributed by atoms with Crippen LogP contribution in [-0.4, -0.2) is 15.0 Å². The minimum Gasteiger partial charge on any atom is -0.207 e. The lowest BCUT2D eigenvalue weighted by Crippen LogP contribution is -2.23. The van der Waals surface area contributed by atoms with E-state index in [2.05, 4.69) is 21.3 Å². The summed E-state index contributed by atoms with van der Waals surface area (Å²) in [5, 5.41) is 3.34. The van der Waals surface area contributed by atoms with Crippen LogP contribution in [0.5, 0.6) is 0 Å².